The molecule has 0 saturated heterocycles. The van der Waals surface area contributed by atoms with Crippen molar-refractivity contribution < 1.29 is 12.8 Å². The molecule has 1 heterocycles. The minimum Gasteiger partial charge on any atom is -0.447 e. The normalized spacial score (nSPS) is 22.9. The van der Waals surface area contributed by atoms with E-state index in [9.17, 15) is 8.42 Å². The smallest absolute Gasteiger partial charge is 0.274 e. The zero-order valence-corrected chi connectivity index (χ0v) is 12.9. The van der Waals surface area contributed by atoms with E-state index in [0.29, 0.717) is 30.2 Å². The minimum atomic E-state index is -3.52. The van der Waals surface area contributed by atoms with Crippen molar-refractivity contribution in [3.8, 4) is 0 Å². The molecule has 0 aromatic carbocycles. The molecule has 6 heteroatoms. The van der Waals surface area contributed by atoms with Crippen LogP contribution in [-0.4, -0.2) is 20.5 Å². The summed E-state index contributed by atoms with van der Waals surface area (Å²) >= 11 is 0. The number of hydrogen-bond donors (Lipinski definition) is 2. The molecular weight excluding hydrogens is 288 g/mol. The molecule has 0 radical (unpaired) electrons. The van der Waals surface area contributed by atoms with Crippen LogP contribution in [0.1, 0.15) is 44.3 Å². The van der Waals surface area contributed by atoms with Gasteiger partial charge in [-0.2, -0.15) is 0 Å². The first kappa shape index (κ1) is 13.8. The molecule has 2 N–H and O–H groups in total. The Morgan fingerprint density at radius 3 is 2.33 bits per heavy atom. The fourth-order valence-corrected chi connectivity index (χ4v) is 4.18. The fraction of sp³-hybridized carbons (Fsp3) is 0.733. The van der Waals surface area contributed by atoms with Crippen molar-refractivity contribution in [1.29, 1.82) is 0 Å². The van der Waals surface area contributed by atoms with E-state index in [1.54, 1.807) is 12.1 Å². The van der Waals surface area contributed by atoms with Crippen LogP contribution in [-0.2, 0) is 16.6 Å². The molecule has 0 unspecified atom stereocenters. The van der Waals surface area contributed by atoms with Gasteiger partial charge in [-0.05, 0) is 62.5 Å². The van der Waals surface area contributed by atoms with Crippen molar-refractivity contribution in [3.05, 3.63) is 17.9 Å². The van der Waals surface area contributed by atoms with Gasteiger partial charge in [0.05, 0.1) is 6.54 Å². The molecule has 1 aromatic rings. The lowest BCUT2D eigenvalue weighted by Gasteiger charge is -2.16. The van der Waals surface area contributed by atoms with E-state index < -0.39 is 10.0 Å². The summed E-state index contributed by atoms with van der Waals surface area (Å²) in [5.41, 5.74) is 0. The Balaban J connectivity index is 1.42. The molecule has 0 amide bonds. The van der Waals surface area contributed by atoms with Crippen molar-refractivity contribution in [2.45, 2.75) is 62.2 Å². The van der Waals surface area contributed by atoms with Gasteiger partial charge in [0.2, 0.25) is 5.09 Å². The molecule has 0 atom stereocenters. The van der Waals surface area contributed by atoms with Gasteiger partial charge in [0.1, 0.15) is 5.76 Å². The lowest BCUT2D eigenvalue weighted by Crippen LogP contribution is -2.37. The first-order chi connectivity index (χ1) is 10.1. The molecule has 0 aliphatic heterocycles. The zero-order chi connectivity index (χ0) is 14.4. The van der Waals surface area contributed by atoms with E-state index in [4.69, 9.17) is 4.42 Å². The standard InChI is InChI=1S/C15H22N2O3S/c18-21(19,17-15(10-1-2-10)11-3-4-11)14-8-7-13(20-14)9-16-12-5-6-12/h7-8,10-12,15-17H,1-6,9H2. The largest absolute Gasteiger partial charge is 0.447 e. The summed E-state index contributed by atoms with van der Waals surface area (Å²) < 4.78 is 33.3. The predicted molar refractivity (Wildman–Crippen MR) is 78.1 cm³/mol. The van der Waals surface area contributed by atoms with Crippen LogP contribution < -0.4 is 10.0 Å². The number of rotatable bonds is 8. The summed E-state index contributed by atoms with van der Waals surface area (Å²) in [4.78, 5) is 0. The monoisotopic (exact) mass is 310 g/mol. The molecule has 3 aliphatic rings. The third-order valence-electron chi connectivity index (χ3n) is 4.60. The van der Waals surface area contributed by atoms with Crippen molar-refractivity contribution in [2.75, 3.05) is 0 Å². The highest BCUT2D eigenvalue weighted by Gasteiger charge is 2.43. The second kappa shape index (κ2) is 5.11. The molecule has 3 fully saturated rings. The van der Waals surface area contributed by atoms with E-state index in [2.05, 4.69) is 10.0 Å². The summed E-state index contributed by atoms with van der Waals surface area (Å²) in [6, 6.07) is 4.03. The van der Waals surface area contributed by atoms with Gasteiger partial charge in [0.15, 0.2) is 0 Å². The van der Waals surface area contributed by atoms with Crippen LogP contribution in [0.3, 0.4) is 0 Å². The van der Waals surface area contributed by atoms with Gasteiger partial charge in [-0.3, -0.25) is 0 Å². The number of sulfonamides is 1. The summed E-state index contributed by atoms with van der Waals surface area (Å²) in [5.74, 6) is 1.77. The fourth-order valence-electron chi connectivity index (χ4n) is 2.86. The van der Waals surface area contributed by atoms with Gasteiger partial charge in [-0.1, -0.05) is 0 Å². The Morgan fingerprint density at radius 2 is 1.76 bits per heavy atom. The Kier molecular flexibility index (Phi) is 3.35. The maximum atomic E-state index is 12.4. The van der Waals surface area contributed by atoms with Crippen LogP contribution in [0.25, 0.3) is 0 Å². The highest BCUT2D eigenvalue weighted by molar-refractivity contribution is 7.89. The average Bonchev–Trinajstić information content (AvgIpc) is 3.32. The second-order valence-corrected chi connectivity index (χ2v) is 8.34. The molecule has 3 saturated carbocycles. The Morgan fingerprint density at radius 1 is 1.10 bits per heavy atom. The first-order valence-corrected chi connectivity index (χ1v) is 9.44. The number of furan rings is 1. The molecule has 0 bridgehead atoms. The number of nitrogens with one attached hydrogen (secondary N) is 2. The average molecular weight is 310 g/mol. The van der Waals surface area contributed by atoms with Crippen LogP contribution in [0.5, 0.6) is 0 Å². The third-order valence-corrected chi connectivity index (χ3v) is 5.93. The van der Waals surface area contributed by atoms with Crippen molar-refractivity contribution >= 4 is 10.0 Å². The lowest BCUT2D eigenvalue weighted by molar-refractivity contribution is 0.392. The van der Waals surface area contributed by atoms with Crippen LogP contribution in [0.2, 0.25) is 0 Å². The van der Waals surface area contributed by atoms with Gasteiger partial charge in [0.25, 0.3) is 10.0 Å². The van der Waals surface area contributed by atoms with Crippen LogP contribution >= 0.6 is 0 Å². The first-order valence-electron chi connectivity index (χ1n) is 7.96. The molecule has 116 valence electrons. The molecule has 1 aromatic heterocycles. The molecule has 3 aliphatic carbocycles. The van der Waals surface area contributed by atoms with Crippen LogP contribution in [0, 0.1) is 11.8 Å². The lowest BCUT2D eigenvalue weighted by atomic mass is 10.1. The molecule has 4 rings (SSSR count). The highest BCUT2D eigenvalue weighted by Crippen LogP contribution is 2.45. The van der Waals surface area contributed by atoms with Crippen molar-refractivity contribution in [2.24, 2.45) is 11.8 Å². The number of hydrogen-bond acceptors (Lipinski definition) is 4. The van der Waals surface area contributed by atoms with Gasteiger partial charge in [-0.25, -0.2) is 13.1 Å². The summed E-state index contributed by atoms with van der Waals surface area (Å²) in [7, 11) is -3.52. The van der Waals surface area contributed by atoms with Crippen molar-refractivity contribution in [1.82, 2.24) is 10.0 Å². The topological polar surface area (TPSA) is 71.3 Å². The van der Waals surface area contributed by atoms with E-state index in [1.807, 2.05) is 0 Å². The van der Waals surface area contributed by atoms with E-state index in [-0.39, 0.29) is 11.1 Å². The molecule has 5 nitrogen and oxygen atoms in total. The Bertz CT molecular complexity index is 601. The second-order valence-electron chi connectivity index (χ2n) is 6.70. The summed E-state index contributed by atoms with van der Waals surface area (Å²) in [6.45, 7) is 0.606. The third kappa shape index (κ3) is 3.33. The predicted octanol–water partition coefficient (Wildman–Crippen LogP) is 2.00. The van der Waals surface area contributed by atoms with Gasteiger partial charge in [0, 0.05) is 12.1 Å². The molecule has 0 spiro atoms. The quantitative estimate of drug-likeness (QED) is 0.770. The Hall–Kier alpha value is -0.850. The summed E-state index contributed by atoms with van der Waals surface area (Å²) in [6.07, 6.45) is 7.02. The zero-order valence-electron chi connectivity index (χ0n) is 12.0. The van der Waals surface area contributed by atoms with Gasteiger partial charge < -0.3 is 9.73 Å². The summed E-state index contributed by atoms with van der Waals surface area (Å²) in [5, 5.41) is 3.38. The van der Waals surface area contributed by atoms with Crippen molar-refractivity contribution in [3.63, 3.8) is 0 Å². The Labute approximate surface area is 125 Å². The van der Waals surface area contributed by atoms with E-state index in [1.165, 1.54) is 12.8 Å². The van der Waals surface area contributed by atoms with E-state index in [0.717, 1.165) is 25.7 Å². The maximum Gasteiger partial charge on any atom is 0.274 e. The van der Waals surface area contributed by atoms with Gasteiger partial charge >= 0.3 is 0 Å². The minimum absolute atomic E-state index is 0.0568. The van der Waals surface area contributed by atoms with Gasteiger partial charge in [-0.15, -0.1) is 0 Å². The van der Waals surface area contributed by atoms with E-state index >= 15 is 0 Å². The molecule has 21 heavy (non-hydrogen) atoms. The SMILES string of the molecule is O=S(=O)(NC(C1CC1)C1CC1)c1ccc(CNC2CC2)o1. The van der Waals surface area contributed by atoms with Crippen LogP contribution in [0.15, 0.2) is 21.6 Å². The molecular formula is C15H22N2O3S. The van der Waals surface area contributed by atoms with Crippen LogP contribution in [0.4, 0.5) is 0 Å². The highest BCUT2D eigenvalue weighted by atomic mass is 32.2. The maximum absolute atomic E-state index is 12.4.